The number of hydrogen-bond acceptors (Lipinski definition) is 1. The summed E-state index contributed by atoms with van der Waals surface area (Å²) in [5.41, 5.74) is 1.91. The average Bonchev–Trinajstić information content (AvgIpc) is 1.86. The molecule has 0 heterocycles. The van der Waals surface area contributed by atoms with E-state index in [1.54, 1.807) is 0 Å². The maximum atomic E-state index is 11.8. The highest BCUT2D eigenvalue weighted by Gasteiger charge is 2.24. The second-order valence-corrected chi connectivity index (χ2v) is 4.41. The Hall–Kier alpha value is -0.590. The molecular formula is C11H20O. The lowest BCUT2D eigenvalue weighted by atomic mass is 9.84. The molecule has 0 aromatic rings. The van der Waals surface area contributed by atoms with Crippen LogP contribution in [0.2, 0.25) is 0 Å². The summed E-state index contributed by atoms with van der Waals surface area (Å²) in [7, 11) is 0. The van der Waals surface area contributed by atoms with Gasteiger partial charge >= 0.3 is 0 Å². The summed E-state index contributed by atoms with van der Waals surface area (Å²) >= 11 is 0. The van der Waals surface area contributed by atoms with Gasteiger partial charge in [0, 0.05) is 5.41 Å². The molecule has 70 valence electrons. The van der Waals surface area contributed by atoms with Crippen molar-refractivity contribution in [3.05, 3.63) is 11.1 Å². The van der Waals surface area contributed by atoms with Crippen molar-refractivity contribution < 1.29 is 4.79 Å². The van der Waals surface area contributed by atoms with Crippen molar-refractivity contribution in [2.24, 2.45) is 5.41 Å². The highest BCUT2D eigenvalue weighted by Crippen LogP contribution is 2.23. The van der Waals surface area contributed by atoms with Crippen LogP contribution in [0.15, 0.2) is 11.1 Å². The van der Waals surface area contributed by atoms with Gasteiger partial charge in [0.2, 0.25) is 0 Å². The Balaban J connectivity index is 4.81. The summed E-state index contributed by atoms with van der Waals surface area (Å²) in [5, 5.41) is 0. The lowest BCUT2D eigenvalue weighted by Crippen LogP contribution is -2.22. The van der Waals surface area contributed by atoms with E-state index in [4.69, 9.17) is 0 Å². The van der Waals surface area contributed by atoms with Gasteiger partial charge in [0.1, 0.15) is 0 Å². The Labute approximate surface area is 75.9 Å². The Kier molecular flexibility index (Phi) is 3.69. The van der Waals surface area contributed by atoms with Gasteiger partial charge in [-0.1, -0.05) is 33.3 Å². The van der Waals surface area contributed by atoms with Crippen LogP contribution in [0.5, 0.6) is 0 Å². The van der Waals surface area contributed by atoms with E-state index in [2.05, 4.69) is 0 Å². The molecule has 0 saturated heterocycles. The van der Waals surface area contributed by atoms with Crippen LogP contribution in [0.1, 0.15) is 48.0 Å². The third-order valence-corrected chi connectivity index (χ3v) is 1.91. The molecule has 12 heavy (non-hydrogen) atoms. The van der Waals surface area contributed by atoms with Gasteiger partial charge in [-0.3, -0.25) is 4.79 Å². The van der Waals surface area contributed by atoms with E-state index in [9.17, 15) is 4.79 Å². The molecule has 0 radical (unpaired) electrons. The quantitative estimate of drug-likeness (QED) is 0.578. The second-order valence-electron chi connectivity index (χ2n) is 4.41. The van der Waals surface area contributed by atoms with Crippen LogP contribution in [-0.4, -0.2) is 5.78 Å². The SMILES string of the molecule is CCC(C(=O)C(C)(C)C)=C(C)C. The van der Waals surface area contributed by atoms with Crippen LogP contribution < -0.4 is 0 Å². The van der Waals surface area contributed by atoms with Crippen LogP contribution in [0.3, 0.4) is 0 Å². The number of ketones is 1. The maximum absolute atomic E-state index is 11.8. The molecule has 0 aliphatic rings. The largest absolute Gasteiger partial charge is 0.294 e. The van der Waals surface area contributed by atoms with E-state index < -0.39 is 0 Å². The molecule has 0 spiro atoms. The van der Waals surface area contributed by atoms with Gasteiger partial charge < -0.3 is 0 Å². The van der Waals surface area contributed by atoms with Crippen LogP contribution in [-0.2, 0) is 4.79 Å². The zero-order valence-electron chi connectivity index (χ0n) is 9.12. The molecule has 0 aliphatic heterocycles. The van der Waals surface area contributed by atoms with Crippen LogP contribution in [0.4, 0.5) is 0 Å². The molecule has 0 fully saturated rings. The van der Waals surface area contributed by atoms with Crippen molar-refractivity contribution in [2.45, 2.75) is 48.0 Å². The molecular weight excluding hydrogens is 148 g/mol. The summed E-state index contributed by atoms with van der Waals surface area (Å²) in [6.45, 7) is 11.9. The van der Waals surface area contributed by atoms with E-state index in [-0.39, 0.29) is 11.2 Å². The van der Waals surface area contributed by atoms with Gasteiger partial charge in [-0.25, -0.2) is 0 Å². The molecule has 1 nitrogen and oxygen atoms in total. The summed E-state index contributed by atoms with van der Waals surface area (Å²) in [6.07, 6.45) is 0.846. The summed E-state index contributed by atoms with van der Waals surface area (Å²) in [6, 6.07) is 0. The highest BCUT2D eigenvalue weighted by atomic mass is 16.1. The fourth-order valence-electron chi connectivity index (χ4n) is 1.19. The molecule has 0 bridgehead atoms. The summed E-state index contributed by atoms with van der Waals surface area (Å²) < 4.78 is 0. The second kappa shape index (κ2) is 3.88. The number of hydrogen-bond donors (Lipinski definition) is 0. The van der Waals surface area contributed by atoms with Gasteiger partial charge in [0.05, 0.1) is 0 Å². The monoisotopic (exact) mass is 168 g/mol. The minimum atomic E-state index is -0.234. The average molecular weight is 168 g/mol. The van der Waals surface area contributed by atoms with Gasteiger partial charge in [-0.05, 0) is 25.8 Å². The number of allylic oxidation sites excluding steroid dienone is 2. The third kappa shape index (κ3) is 2.80. The predicted molar refractivity (Wildman–Crippen MR) is 53.1 cm³/mol. The molecule has 0 rings (SSSR count). The zero-order valence-corrected chi connectivity index (χ0v) is 9.12. The summed E-state index contributed by atoms with van der Waals surface area (Å²) in [5.74, 6) is 0.282. The predicted octanol–water partition coefficient (Wildman–Crippen LogP) is 3.35. The fraction of sp³-hybridized carbons (Fsp3) is 0.727. The first kappa shape index (κ1) is 11.4. The number of carbonyl (C=O) groups excluding carboxylic acids is 1. The minimum Gasteiger partial charge on any atom is -0.294 e. The molecule has 0 aromatic heterocycles. The first-order valence-electron chi connectivity index (χ1n) is 4.51. The van der Waals surface area contributed by atoms with Gasteiger partial charge in [0.25, 0.3) is 0 Å². The van der Waals surface area contributed by atoms with Crippen LogP contribution >= 0.6 is 0 Å². The van der Waals surface area contributed by atoms with Crippen molar-refractivity contribution in [1.82, 2.24) is 0 Å². The third-order valence-electron chi connectivity index (χ3n) is 1.91. The molecule has 1 heteroatoms. The fourth-order valence-corrected chi connectivity index (χ4v) is 1.19. The maximum Gasteiger partial charge on any atom is 0.164 e. The molecule has 0 aromatic carbocycles. The Bertz CT molecular complexity index is 200. The van der Waals surface area contributed by atoms with Gasteiger partial charge in [-0.2, -0.15) is 0 Å². The molecule has 0 N–H and O–H groups in total. The van der Waals surface area contributed by atoms with Gasteiger partial charge in [-0.15, -0.1) is 0 Å². The topological polar surface area (TPSA) is 17.1 Å². The normalized spacial score (nSPS) is 11.2. The van der Waals surface area contributed by atoms with Crippen molar-refractivity contribution >= 4 is 5.78 Å². The lowest BCUT2D eigenvalue weighted by Gasteiger charge is -2.19. The number of Topliss-reactive ketones (excluding diaryl/α,β-unsaturated/α-hetero) is 1. The standard InChI is InChI=1S/C11H20O/c1-7-9(8(2)3)10(12)11(4,5)6/h7H2,1-6H3. The van der Waals surface area contributed by atoms with Crippen molar-refractivity contribution in [1.29, 1.82) is 0 Å². The Morgan fingerprint density at radius 2 is 1.58 bits per heavy atom. The van der Waals surface area contributed by atoms with E-state index in [0.29, 0.717) is 0 Å². The van der Waals surface area contributed by atoms with Gasteiger partial charge in [0.15, 0.2) is 5.78 Å². The van der Waals surface area contributed by atoms with Crippen LogP contribution in [0.25, 0.3) is 0 Å². The highest BCUT2D eigenvalue weighted by molar-refractivity contribution is 5.99. The smallest absolute Gasteiger partial charge is 0.164 e. The molecule has 0 unspecified atom stereocenters. The van der Waals surface area contributed by atoms with E-state index in [0.717, 1.165) is 17.6 Å². The first-order valence-corrected chi connectivity index (χ1v) is 4.51. The zero-order chi connectivity index (χ0) is 9.94. The molecule has 0 atom stereocenters. The Morgan fingerprint density at radius 1 is 1.17 bits per heavy atom. The van der Waals surface area contributed by atoms with Crippen molar-refractivity contribution in [3.63, 3.8) is 0 Å². The summed E-state index contributed by atoms with van der Waals surface area (Å²) in [4.78, 5) is 11.8. The first-order chi connectivity index (χ1) is 5.30. The van der Waals surface area contributed by atoms with Crippen molar-refractivity contribution in [3.8, 4) is 0 Å². The molecule has 0 aliphatic carbocycles. The van der Waals surface area contributed by atoms with Crippen molar-refractivity contribution in [2.75, 3.05) is 0 Å². The molecule has 0 saturated carbocycles. The Morgan fingerprint density at radius 3 is 1.67 bits per heavy atom. The van der Waals surface area contributed by atoms with Crippen LogP contribution in [0, 0.1) is 5.41 Å². The molecule has 0 amide bonds. The van der Waals surface area contributed by atoms with E-state index >= 15 is 0 Å². The number of rotatable bonds is 2. The minimum absolute atomic E-state index is 0.234. The van der Waals surface area contributed by atoms with E-state index in [1.165, 1.54) is 0 Å². The van der Waals surface area contributed by atoms with E-state index in [1.807, 2.05) is 41.5 Å². The lowest BCUT2D eigenvalue weighted by molar-refractivity contribution is -0.122. The number of carbonyl (C=O) groups is 1.